The van der Waals surface area contributed by atoms with Gasteiger partial charge in [-0.05, 0) is 35.9 Å². The molecule has 0 aliphatic heterocycles. The molecule has 160 valence electrons. The molecule has 2 aromatic carbocycles. The van der Waals surface area contributed by atoms with Crippen molar-refractivity contribution in [2.45, 2.75) is 19.1 Å². The van der Waals surface area contributed by atoms with E-state index in [0.717, 1.165) is 25.3 Å². The highest BCUT2D eigenvalue weighted by atomic mass is 32.1. The van der Waals surface area contributed by atoms with E-state index in [-0.39, 0.29) is 28.0 Å². The summed E-state index contributed by atoms with van der Waals surface area (Å²) in [6.45, 7) is -0.216. The Labute approximate surface area is 169 Å². The van der Waals surface area contributed by atoms with Crippen molar-refractivity contribution in [3.05, 3.63) is 58.5 Å². The number of halogens is 6. The molecule has 0 aliphatic carbocycles. The minimum atomic E-state index is -4.84. The van der Waals surface area contributed by atoms with Crippen molar-refractivity contribution in [2.75, 3.05) is 7.11 Å². The predicted octanol–water partition coefficient (Wildman–Crippen LogP) is 6.18. The number of fused-ring (bicyclic) bond motifs is 1. The molecule has 0 fully saturated rings. The lowest BCUT2D eigenvalue weighted by Crippen LogP contribution is -2.17. The fourth-order valence-corrected chi connectivity index (χ4v) is 3.52. The van der Waals surface area contributed by atoms with Crippen LogP contribution in [0.15, 0.2) is 42.5 Å². The Bertz CT molecular complexity index is 1050. The average Bonchev–Trinajstić information content (AvgIpc) is 3.10. The first-order valence-electron chi connectivity index (χ1n) is 8.17. The highest BCUT2D eigenvalue weighted by molar-refractivity contribution is 7.19. The molecular formula is C19H12F6O4S. The molecule has 3 aromatic rings. The van der Waals surface area contributed by atoms with Crippen molar-refractivity contribution in [3.63, 3.8) is 0 Å². The molecule has 0 unspecified atom stereocenters. The first-order valence-corrected chi connectivity index (χ1v) is 8.99. The molecule has 0 saturated heterocycles. The van der Waals surface area contributed by atoms with Crippen LogP contribution in [0.2, 0.25) is 0 Å². The van der Waals surface area contributed by atoms with Crippen LogP contribution in [0.5, 0.6) is 11.5 Å². The molecule has 1 heterocycles. The van der Waals surface area contributed by atoms with Crippen molar-refractivity contribution >= 4 is 27.4 Å². The Morgan fingerprint density at radius 2 is 1.67 bits per heavy atom. The van der Waals surface area contributed by atoms with Gasteiger partial charge >= 0.3 is 18.5 Å². The normalized spacial score (nSPS) is 12.1. The van der Waals surface area contributed by atoms with E-state index in [4.69, 9.17) is 4.74 Å². The summed E-state index contributed by atoms with van der Waals surface area (Å²) in [5, 5.41) is 0.0762. The number of carbonyl (C=O) groups is 1. The predicted molar refractivity (Wildman–Crippen MR) is 95.6 cm³/mol. The number of rotatable bonds is 5. The van der Waals surface area contributed by atoms with E-state index in [2.05, 4.69) is 9.47 Å². The van der Waals surface area contributed by atoms with Crippen LogP contribution >= 0.6 is 11.3 Å². The standard InChI is InChI=1S/C19H12F6O4S/c1-27-17(26)12-6-7-14-13(8-15(30-14)18(20,21)22)16(12)28-9-10-2-4-11(5-3-10)29-19(23,24)25/h2-8H,9H2,1H3. The minimum absolute atomic E-state index is 0.0754. The summed E-state index contributed by atoms with van der Waals surface area (Å²) in [4.78, 5) is 11.2. The van der Waals surface area contributed by atoms with Crippen LogP contribution in [0.1, 0.15) is 20.8 Å². The van der Waals surface area contributed by atoms with E-state index in [9.17, 15) is 31.1 Å². The first kappa shape index (κ1) is 21.8. The van der Waals surface area contributed by atoms with Crippen molar-refractivity contribution in [1.82, 2.24) is 0 Å². The minimum Gasteiger partial charge on any atom is -0.487 e. The molecule has 0 amide bonds. The number of esters is 1. The molecule has 0 aliphatic rings. The maximum Gasteiger partial charge on any atom is 0.573 e. The lowest BCUT2D eigenvalue weighted by Gasteiger charge is -2.13. The number of methoxy groups -OCH3 is 1. The molecule has 11 heteroatoms. The fourth-order valence-electron chi connectivity index (χ4n) is 2.59. The Kier molecular flexibility index (Phi) is 5.84. The number of alkyl halides is 6. The van der Waals surface area contributed by atoms with Crippen molar-refractivity contribution < 1.29 is 45.3 Å². The zero-order chi connectivity index (χ0) is 22.1. The van der Waals surface area contributed by atoms with Gasteiger partial charge in [-0.2, -0.15) is 13.2 Å². The molecule has 0 bridgehead atoms. The Balaban J connectivity index is 1.91. The number of ether oxygens (including phenoxy) is 3. The van der Waals surface area contributed by atoms with Gasteiger partial charge in [0.25, 0.3) is 0 Å². The van der Waals surface area contributed by atoms with Crippen molar-refractivity contribution in [1.29, 1.82) is 0 Å². The topological polar surface area (TPSA) is 44.8 Å². The summed E-state index contributed by atoms with van der Waals surface area (Å²) in [5.74, 6) is -1.35. The van der Waals surface area contributed by atoms with Gasteiger partial charge in [0.1, 0.15) is 28.5 Å². The molecule has 1 aromatic heterocycles. The van der Waals surface area contributed by atoms with E-state index < -0.39 is 29.1 Å². The summed E-state index contributed by atoms with van der Waals surface area (Å²) in [5.41, 5.74) is 0.331. The number of thiophene rings is 1. The van der Waals surface area contributed by atoms with Crippen molar-refractivity contribution in [3.8, 4) is 11.5 Å². The van der Waals surface area contributed by atoms with Crippen LogP contribution < -0.4 is 9.47 Å². The quantitative estimate of drug-likeness (QED) is 0.344. The van der Waals surface area contributed by atoms with E-state index in [1.54, 1.807) is 0 Å². The number of carbonyl (C=O) groups excluding carboxylic acids is 1. The maximum atomic E-state index is 13.1. The van der Waals surface area contributed by atoms with Crippen LogP contribution in [-0.4, -0.2) is 19.4 Å². The summed E-state index contributed by atoms with van der Waals surface area (Å²) in [6, 6.07) is 8.27. The van der Waals surface area contributed by atoms with Crippen LogP contribution in [0, 0.1) is 0 Å². The van der Waals surface area contributed by atoms with Gasteiger partial charge < -0.3 is 14.2 Å². The fraction of sp³-hybridized carbons (Fsp3) is 0.211. The SMILES string of the molecule is COC(=O)c1ccc2sc(C(F)(F)F)cc2c1OCc1ccc(OC(F)(F)F)cc1. The summed E-state index contributed by atoms with van der Waals surface area (Å²) in [6.07, 6.45) is -9.40. The van der Waals surface area contributed by atoms with E-state index in [1.807, 2.05) is 0 Å². The largest absolute Gasteiger partial charge is 0.573 e. The third-order valence-electron chi connectivity index (χ3n) is 3.88. The van der Waals surface area contributed by atoms with Gasteiger partial charge in [-0.25, -0.2) is 4.79 Å². The highest BCUT2D eigenvalue weighted by Crippen LogP contribution is 2.42. The van der Waals surface area contributed by atoms with Gasteiger partial charge in [0.05, 0.1) is 7.11 Å². The maximum absolute atomic E-state index is 13.1. The van der Waals surface area contributed by atoms with Gasteiger partial charge in [0, 0.05) is 10.1 Å². The summed E-state index contributed by atoms with van der Waals surface area (Å²) in [7, 11) is 1.12. The lowest BCUT2D eigenvalue weighted by molar-refractivity contribution is -0.274. The van der Waals surface area contributed by atoms with E-state index in [1.165, 1.54) is 24.3 Å². The molecule has 0 spiro atoms. The number of benzene rings is 2. The second-order valence-corrected chi connectivity index (χ2v) is 7.02. The molecular weight excluding hydrogens is 438 g/mol. The number of hydrogen-bond donors (Lipinski definition) is 0. The van der Waals surface area contributed by atoms with Crippen LogP contribution in [-0.2, 0) is 17.5 Å². The lowest BCUT2D eigenvalue weighted by atomic mass is 10.1. The van der Waals surface area contributed by atoms with E-state index >= 15 is 0 Å². The first-order chi connectivity index (χ1) is 14.0. The molecule has 3 rings (SSSR count). The Hall–Kier alpha value is -2.95. The highest BCUT2D eigenvalue weighted by Gasteiger charge is 2.34. The van der Waals surface area contributed by atoms with Gasteiger partial charge in [-0.15, -0.1) is 24.5 Å². The van der Waals surface area contributed by atoms with Gasteiger partial charge in [-0.3, -0.25) is 0 Å². The average molecular weight is 450 g/mol. The van der Waals surface area contributed by atoms with Crippen LogP contribution in [0.4, 0.5) is 26.3 Å². The monoisotopic (exact) mass is 450 g/mol. The molecule has 0 N–H and O–H groups in total. The number of hydrogen-bond acceptors (Lipinski definition) is 5. The molecule has 0 radical (unpaired) electrons. The Morgan fingerprint density at radius 3 is 2.23 bits per heavy atom. The smallest absolute Gasteiger partial charge is 0.487 e. The third kappa shape index (κ3) is 4.96. The molecule has 0 atom stereocenters. The zero-order valence-corrected chi connectivity index (χ0v) is 15.9. The zero-order valence-electron chi connectivity index (χ0n) is 15.1. The molecule has 30 heavy (non-hydrogen) atoms. The van der Waals surface area contributed by atoms with Crippen molar-refractivity contribution in [2.24, 2.45) is 0 Å². The van der Waals surface area contributed by atoms with Crippen LogP contribution in [0.3, 0.4) is 0 Å². The van der Waals surface area contributed by atoms with E-state index in [0.29, 0.717) is 16.9 Å². The second kappa shape index (κ2) is 8.05. The summed E-state index contributed by atoms with van der Waals surface area (Å²) >= 11 is 0.495. The summed E-state index contributed by atoms with van der Waals surface area (Å²) < 4.78 is 90.2. The van der Waals surface area contributed by atoms with Gasteiger partial charge in [-0.1, -0.05) is 12.1 Å². The van der Waals surface area contributed by atoms with Gasteiger partial charge in [0.15, 0.2) is 0 Å². The van der Waals surface area contributed by atoms with Crippen LogP contribution in [0.25, 0.3) is 10.1 Å². The second-order valence-electron chi connectivity index (χ2n) is 5.93. The molecule has 4 nitrogen and oxygen atoms in total. The molecule has 0 saturated carbocycles. The van der Waals surface area contributed by atoms with Gasteiger partial charge in [0.2, 0.25) is 0 Å². The Morgan fingerprint density at radius 1 is 1.00 bits per heavy atom. The third-order valence-corrected chi connectivity index (χ3v) is 5.02.